The Labute approximate surface area is 173 Å². The van der Waals surface area contributed by atoms with Crippen LogP contribution in [0.1, 0.15) is 11.1 Å². The second-order valence-electron chi connectivity index (χ2n) is 6.30. The first kappa shape index (κ1) is 21.7. The predicted octanol–water partition coefficient (Wildman–Crippen LogP) is 3.62. The van der Waals surface area contributed by atoms with Gasteiger partial charge in [-0.15, -0.1) is 0 Å². The van der Waals surface area contributed by atoms with Crippen LogP contribution in [0.3, 0.4) is 0 Å². The van der Waals surface area contributed by atoms with Crippen molar-refractivity contribution >= 4 is 23.5 Å². The van der Waals surface area contributed by atoms with E-state index in [0.29, 0.717) is 0 Å². The van der Waals surface area contributed by atoms with Gasteiger partial charge in [-0.25, -0.2) is 13.8 Å². The van der Waals surface area contributed by atoms with Crippen molar-refractivity contribution in [1.82, 2.24) is 4.90 Å². The molecule has 0 radical (unpaired) electrons. The van der Waals surface area contributed by atoms with Crippen molar-refractivity contribution in [2.75, 3.05) is 13.7 Å². The molecule has 30 heavy (non-hydrogen) atoms. The summed E-state index contributed by atoms with van der Waals surface area (Å²) in [4.78, 5) is 18.6. The monoisotopic (exact) mass is 445 g/mol. The number of nitrogens with two attached hydrogens (primary N) is 1. The standard InChI is InChI=1S/C19H16ClF4N3O3/c1-27-16(28)19(26-18(27)25,10-3-2-4-12(7-10)29-9-15(21)22)11-5-6-14(13(20)8-11)30-17(23)24/h2-8,15,17H,9H2,1H3,(H2,25,26). The summed E-state index contributed by atoms with van der Waals surface area (Å²) in [5.74, 6) is -0.838. The van der Waals surface area contributed by atoms with Crippen molar-refractivity contribution in [3.63, 3.8) is 0 Å². The van der Waals surface area contributed by atoms with Crippen molar-refractivity contribution < 1.29 is 31.8 Å². The first-order valence-electron chi connectivity index (χ1n) is 8.55. The minimum absolute atomic E-state index is 0.0899. The molecular formula is C19H16ClF4N3O3. The van der Waals surface area contributed by atoms with Crippen LogP contribution in [-0.2, 0) is 10.3 Å². The molecule has 2 aromatic carbocycles. The fourth-order valence-electron chi connectivity index (χ4n) is 3.07. The second kappa shape index (κ2) is 8.39. The van der Waals surface area contributed by atoms with Crippen molar-refractivity contribution in [2.45, 2.75) is 18.6 Å². The second-order valence-corrected chi connectivity index (χ2v) is 6.71. The smallest absolute Gasteiger partial charge is 0.387 e. The molecule has 0 aliphatic carbocycles. The Balaban J connectivity index is 2.12. The summed E-state index contributed by atoms with van der Waals surface area (Å²) in [6, 6.07) is 9.67. The van der Waals surface area contributed by atoms with Crippen LogP contribution in [0, 0.1) is 0 Å². The summed E-state index contributed by atoms with van der Waals surface area (Å²) < 4.78 is 59.4. The molecule has 0 saturated heterocycles. The summed E-state index contributed by atoms with van der Waals surface area (Å²) in [6.45, 7) is -3.92. The zero-order chi connectivity index (χ0) is 22.1. The fraction of sp³-hybridized carbons (Fsp3) is 0.263. The first-order valence-corrected chi connectivity index (χ1v) is 8.92. The zero-order valence-electron chi connectivity index (χ0n) is 15.5. The quantitative estimate of drug-likeness (QED) is 0.660. The molecule has 0 saturated carbocycles. The van der Waals surface area contributed by atoms with Gasteiger partial charge in [0.15, 0.2) is 11.5 Å². The highest BCUT2D eigenvalue weighted by Crippen LogP contribution is 2.42. The Bertz CT molecular complexity index is 989. The zero-order valence-corrected chi connectivity index (χ0v) is 16.2. The van der Waals surface area contributed by atoms with Gasteiger partial charge >= 0.3 is 6.61 Å². The molecule has 0 aromatic heterocycles. The summed E-state index contributed by atoms with van der Waals surface area (Å²) in [5, 5.41) is -0.173. The third-order valence-corrected chi connectivity index (χ3v) is 4.73. The molecule has 3 rings (SSSR count). The highest BCUT2D eigenvalue weighted by Gasteiger charge is 2.50. The molecule has 0 bridgehead atoms. The summed E-state index contributed by atoms with van der Waals surface area (Å²) >= 11 is 6.07. The lowest BCUT2D eigenvalue weighted by atomic mass is 9.82. The molecule has 6 nitrogen and oxygen atoms in total. The van der Waals surface area contributed by atoms with Crippen LogP contribution in [0.4, 0.5) is 17.6 Å². The van der Waals surface area contributed by atoms with E-state index in [1.807, 2.05) is 0 Å². The average Bonchev–Trinajstić information content (AvgIpc) is 2.93. The van der Waals surface area contributed by atoms with Crippen LogP contribution >= 0.6 is 11.6 Å². The normalized spacial score (nSPS) is 18.9. The van der Waals surface area contributed by atoms with E-state index < -0.39 is 31.1 Å². The lowest BCUT2D eigenvalue weighted by Gasteiger charge is -2.27. The number of alkyl halides is 4. The maximum absolute atomic E-state index is 13.2. The Morgan fingerprint density at radius 2 is 1.87 bits per heavy atom. The number of likely N-dealkylation sites (N-methyl/N-ethyl adjacent to an activating group) is 1. The number of hydrogen-bond donors (Lipinski definition) is 1. The minimum atomic E-state index is -3.08. The van der Waals surface area contributed by atoms with Crippen molar-refractivity contribution in [2.24, 2.45) is 10.7 Å². The number of halogens is 5. The lowest BCUT2D eigenvalue weighted by Crippen LogP contribution is -2.41. The fourth-order valence-corrected chi connectivity index (χ4v) is 3.30. The van der Waals surface area contributed by atoms with Gasteiger partial charge in [0.2, 0.25) is 0 Å². The maximum atomic E-state index is 13.2. The number of benzene rings is 2. The van der Waals surface area contributed by atoms with Crippen LogP contribution in [0.15, 0.2) is 47.5 Å². The molecule has 0 fully saturated rings. The topological polar surface area (TPSA) is 77.2 Å². The molecule has 1 atom stereocenters. The number of aliphatic imine (C=N–C) groups is 1. The van der Waals surface area contributed by atoms with E-state index in [4.69, 9.17) is 22.1 Å². The van der Waals surface area contributed by atoms with Crippen LogP contribution < -0.4 is 15.2 Å². The van der Waals surface area contributed by atoms with Gasteiger partial charge in [0.1, 0.15) is 18.1 Å². The molecule has 11 heteroatoms. The van der Waals surface area contributed by atoms with Gasteiger partial charge in [-0.2, -0.15) is 8.78 Å². The van der Waals surface area contributed by atoms with Gasteiger partial charge in [-0.3, -0.25) is 9.69 Å². The van der Waals surface area contributed by atoms with Crippen LogP contribution in [0.5, 0.6) is 11.5 Å². The van der Waals surface area contributed by atoms with Gasteiger partial charge in [-0.05, 0) is 35.4 Å². The van der Waals surface area contributed by atoms with Gasteiger partial charge in [-0.1, -0.05) is 29.8 Å². The largest absolute Gasteiger partial charge is 0.488 e. The molecule has 1 aliphatic heterocycles. The molecule has 1 aliphatic rings. The Hall–Kier alpha value is -3.01. The third-order valence-electron chi connectivity index (χ3n) is 4.43. The minimum Gasteiger partial charge on any atom is -0.488 e. The Morgan fingerprint density at radius 3 is 2.43 bits per heavy atom. The lowest BCUT2D eigenvalue weighted by molar-refractivity contribution is -0.129. The predicted molar refractivity (Wildman–Crippen MR) is 101 cm³/mol. The van der Waals surface area contributed by atoms with Gasteiger partial charge in [0.25, 0.3) is 12.3 Å². The third kappa shape index (κ3) is 4.00. The number of carbonyl (C=O) groups is 1. The van der Waals surface area contributed by atoms with E-state index in [1.54, 1.807) is 6.07 Å². The molecule has 1 unspecified atom stereocenters. The van der Waals surface area contributed by atoms with E-state index in [9.17, 15) is 22.4 Å². The SMILES string of the molecule is CN1C(=O)C(c2cccc(OCC(F)F)c2)(c2ccc(OC(F)F)c(Cl)c2)N=C1N. The van der Waals surface area contributed by atoms with E-state index in [1.165, 1.54) is 43.4 Å². The van der Waals surface area contributed by atoms with Crippen molar-refractivity contribution in [3.05, 3.63) is 58.6 Å². The summed E-state index contributed by atoms with van der Waals surface area (Å²) in [5.41, 5.74) is 4.63. The maximum Gasteiger partial charge on any atom is 0.387 e. The van der Waals surface area contributed by atoms with Crippen molar-refractivity contribution in [1.29, 1.82) is 0 Å². The number of hydrogen-bond acceptors (Lipinski definition) is 5. The van der Waals surface area contributed by atoms with E-state index >= 15 is 0 Å². The number of amides is 1. The first-order chi connectivity index (χ1) is 14.1. The van der Waals surface area contributed by atoms with Gasteiger partial charge in [0.05, 0.1) is 5.02 Å². The van der Waals surface area contributed by atoms with Crippen molar-refractivity contribution in [3.8, 4) is 11.5 Å². The molecule has 160 valence electrons. The van der Waals surface area contributed by atoms with Gasteiger partial charge < -0.3 is 15.2 Å². The highest BCUT2D eigenvalue weighted by atomic mass is 35.5. The molecule has 2 N–H and O–H groups in total. The number of carbonyl (C=O) groups excluding carboxylic acids is 1. The molecule has 2 aromatic rings. The Morgan fingerprint density at radius 1 is 1.17 bits per heavy atom. The highest BCUT2D eigenvalue weighted by molar-refractivity contribution is 6.32. The van der Waals surface area contributed by atoms with E-state index in [0.717, 1.165) is 4.90 Å². The summed E-state index contributed by atoms with van der Waals surface area (Å²) in [7, 11) is 1.41. The molecule has 0 spiro atoms. The number of ether oxygens (including phenoxy) is 2. The average molecular weight is 446 g/mol. The summed E-state index contributed by atoms with van der Waals surface area (Å²) in [6.07, 6.45) is -2.68. The molecular weight excluding hydrogens is 430 g/mol. The van der Waals surface area contributed by atoms with E-state index in [2.05, 4.69) is 9.73 Å². The van der Waals surface area contributed by atoms with Crippen LogP contribution in [0.2, 0.25) is 5.02 Å². The molecule has 1 amide bonds. The van der Waals surface area contributed by atoms with Gasteiger partial charge in [0, 0.05) is 7.05 Å². The van der Waals surface area contributed by atoms with Crippen LogP contribution in [0.25, 0.3) is 0 Å². The van der Waals surface area contributed by atoms with Crippen LogP contribution in [-0.4, -0.2) is 43.5 Å². The molecule has 1 heterocycles. The number of nitrogens with zero attached hydrogens (tertiary/aromatic N) is 2. The number of rotatable bonds is 7. The number of guanidine groups is 1. The Kier molecular flexibility index (Phi) is 6.06. The van der Waals surface area contributed by atoms with E-state index in [-0.39, 0.29) is 33.6 Å².